The summed E-state index contributed by atoms with van der Waals surface area (Å²) in [5, 5.41) is 8.95. The molecule has 1 atom stereocenters. The van der Waals surface area contributed by atoms with Crippen LogP contribution < -0.4 is 10.6 Å². The molecule has 0 fully saturated rings. The van der Waals surface area contributed by atoms with Crippen molar-refractivity contribution >= 4 is 46.1 Å². The zero-order valence-corrected chi connectivity index (χ0v) is 13.1. The first kappa shape index (κ1) is 15.3. The standard InChI is InChI=1S/C14H14Cl2N2OS/c1-9(17-8-13-3-2-4-20-13)14(19)18-12-6-10(15)5-11(16)7-12/h2-7,9,17H,8H2,1H3,(H,18,19)/t9-/m0/s1. The molecular formula is C14H14Cl2N2OS. The lowest BCUT2D eigenvalue weighted by molar-refractivity contribution is -0.117. The van der Waals surface area contributed by atoms with Crippen LogP contribution in [0.1, 0.15) is 11.8 Å². The topological polar surface area (TPSA) is 41.1 Å². The van der Waals surface area contributed by atoms with E-state index in [4.69, 9.17) is 23.2 Å². The number of hydrogen-bond donors (Lipinski definition) is 2. The van der Waals surface area contributed by atoms with Crippen LogP contribution in [-0.2, 0) is 11.3 Å². The van der Waals surface area contributed by atoms with Gasteiger partial charge in [0.2, 0.25) is 5.91 Å². The van der Waals surface area contributed by atoms with Crippen molar-refractivity contribution in [1.82, 2.24) is 5.32 Å². The van der Waals surface area contributed by atoms with Crippen molar-refractivity contribution in [3.8, 4) is 0 Å². The maximum Gasteiger partial charge on any atom is 0.241 e. The number of nitrogens with one attached hydrogen (secondary N) is 2. The van der Waals surface area contributed by atoms with Crippen molar-refractivity contribution < 1.29 is 4.79 Å². The molecule has 1 amide bonds. The lowest BCUT2D eigenvalue weighted by Gasteiger charge is -2.14. The minimum atomic E-state index is -0.310. The van der Waals surface area contributed by atoms with Gasteiger partial charge >= 0.3 is 0 Å². The van der Waals surface area contributed by atoms with Crippen molar-refractivity contribution in [3.63, 3.8) is 0 Å². The predicted octanol–water partition coefficient (Wildman–Crippen LogP) is 4.17. The molecule has 0 saturated carbocycles. The Labute approximate surface area is 131 Å². The van der Waals surface area contributed by atoms with Crippen LogP contribution in [0.25, 0.3) is 0 Å². The Balaban J connectivity index is 1.90. The van der Waals surface area contributed by atoms with Gasteiger partial charge in [-0.1, -0.05) is 29.3 Å². The number of anilines is 1. The lowest BCUT2D eigenvalue weighted by Crippen LogP contribution is -2.37. The maximum atomic E-state index is 12.0. The first-order valence-corrected chi connectivity index (χ1v) is 7.71. The van der Waals surface area contributed by atoms with Crippen LogP contribution in [0.3, 0.4) is 0 Å². The predicted molar refractivity (Wildman–Crippen MR) is 85.7 cm³/mol. The first-order chi connectivity index (χ1) is 9.54. The molecule has 0 saturated heterocycles. The van der Waals surface area contributed by atoms with Gasteiger partial charge < -0.3 is 10.6 Å². The summed E-state index contributed by atoms with van der Waals surface area (Å²) < 4.78 is 0. The fourth-order valence-electron chi connectivity index (χ4n) is 1.64. The summed E-state index contributed by atoms with van der Waals surface area (Å²) in [7, 11) is 0. The van der Waals surface area contributed by atoms with E-state index in [-0.39, 0.29) is 11.9 Å². The van der Waals surface area contributed by atoms with E-state index >= 15 is 0 Å². The summed E-state index contributed by atoms with van der Waals surface area (Å²) in [5.74, 6) is -0.125. The van der Waals surface area contributed by atoms with Gasteiger partial charge in [0.15, 0.2) is 0 Å². The van der Waals surface area contributed by atoms with Crippen LogP contribution >= 0.6 is 34.5 Å². The summed E-state index contributed by atoms with van der Waals surface area (Å²) >= 11 is 13.4. The molecule has 0 aliphatic heterocycles. The molecule has 0 radical (unpaired) electrons. The van der Waals surface area contributed by atoms with Gasteiger partial charge in [-0.15, -0.1) is 11.3 Å². The normalized spacial score (nSPS) is 12.2. The summed E-state index contributed by atoms with van der Waals surface area (Å²) in [6.45, 7) is 2.48. The van der Waals surface area contributed by atoms with Crippen LogP contribution in [-0.4, -0.2) is 11.9 Å². The van der Waals surface area contributed by atoms with E-state index in [0.717, 1.165) is 0 Å². The smallest absolute Gasteiger partial charge is 0.241 e. The van der Waals surface area contributed by atoms with Gasteiger partial charge in [0.05, 0.1) is 6.04 Å². The van der Waals surface area contributed by atoms with Crippen LogP contribution in [0.15, 0.2) is 35.7 Å². The van der Waals surface area contributed by atoms with E-state index in [1.54, 1.807) is 29.5 Å². The third kappa shape index (κ3) is 4.49. The third-order valence-corrected chi connectivity index (χ3v) is 4.00. The second-order valence-electron chi connectivity index (χ2n) is 4.33. The number of carbonyl (C=O) groups is 1. The summed E-state index contributed by atoms with van der Waals surface area (Å²) in [5.41, 5.74) is 0.595. The largest absolute Gasteiger partial charge is 0.325 e. The van der Waals surface area contributed by atoms with Crippen LogP contribution in [0.4, 0.5) is 5.69 Å². The van der Waals surface area contributed by atoms with E-state index in [1.807, 2.05) is 24.4 Å². The van der Waals surface area contributed by atoms with Crippen molar-refractivity contribution in [3.05, 3.63) is 50.6 Å². The molecule has 6 heteroatoms. The zero-order valence-electron chi connectivity index (χ0n) is 10.8. The quantitative estimate of drug-likeness (QED) is 0.864. The number of carbonyl (C=O) groups excluding carboxylic acids is 1. The second-order valence-corrected chi connectivity index (χ2v) is 6.23. The van der Waals surface area contributed by atoms with Crippen molar-refractivity contribution in [2.24, 2.45) is 0 Å². The molecular weight excluding hydrogens is 315 g/mol. The molecule has 0 aliphatic carbocycles. The van der Waals surface area contributed by atoms with Crippen LogP contribution in [0.5, 0.6) is 0 Å². The minimum Gasteiger partial charge on any atom is -0.325 e. The van der Waals surface area contributed by atoms with E-state index in [0.29, 0.717) is 22.3 Å². The van der Waals surface area contributed by atoms with E-state index in [9.17, 15) is 4.79 Å². The Bertz CT molecular complexity index is 567. The molecule has 1 heterocycles. The molecule has 106 valence electrons. The van der Waals surface area contributed by atoms with Gasteiger partial charge in [-0.25, -0.2) is 0 Å². The van der Waals surface area contributed by atoms with Gasteiger partial charge in [-0.05, 0) is 36.6 Å². The van der Waals surface area contributed by atoms with E-state index in [2.05, 4.69) is 10.6 Å². The fraction of sp³-hybridized carbons (Fsp3) is 0.214. The van der Waals surface area contributed by atoms with Crippen LogP contribution in [0.2, 0.25) is 10.0 Å². The molecule has 0 aliphatic rings. The second kappa shape index (κ2) is 7.09. The van der Waals surface area contributed by atoms with E-state index < -0.39 is 0 Å². The number of rotatable bonds is 5. The number of hydrogen-bond acceptors (Lipinski definition) is 3. The average molecular weight is 329 g/mol. The van der Waals surface area contributed by atoms with Crippen molar-refractivity contribution in [2.75, 3.05) is 5.32 Å². The molecule has 0 unspecified atom stereocenters. The minimum absolute atomic E-state index is 0.125. The Hall–Kier alpha value is -1.07. The molecule has 3 nitrogen and oxygen atoms in total. The SMILES string of the molecule is C[C@H](NCc1cccs1)C(=O)Nc1cc(Cl)cc(Cl)c1. The van der Waals surface area contributed by atoms with E-state index in [1.165, 1.54) is 4.88 Å². The number of halogens is 2. The summed E-state index contributed by atoms with van der Waals surface area (Å²) in [6, 6.07) is 8.65. The number of benzene rings is 1. The number of thiophene rings is 1. The molecule has 0 bridgehead atoms. The Morgan fingerprint density at radius 1 is 1.30 bits per heavy atom. The monoisotopic (exact) mass is 328 g/mol. The highest BCUT2D eigenvalue weighted by atomic mass is 35.5. The fourth-order valence-corrected chi connectivity index (χ4v) is 2.82. The highest BCUT2D eigenvalue weighted by Gasteiger charge is 2.13. The van der Waals surface area contributed by atoms with Crippen molar-refractivity contribution in [2.45, 2.75) is 19.5 Å². The first-order valence-electron chi connectivity index (χ1n) is 6.07. The van der Waals surface area contributed by atoms with Gasteiger partial charge in [0, 0.05) is 27.2 Å². The lowest BCUT2D eigenvalue weighted by atomic mass is 10.2. The van der Waals surface area contributed by atoms with Crippen molar-refractivity contribution in [1.29, 1.82) is 0 Å². The molecule has 2 N–H and O–H groups in total. The van der Waals surface area contributed by atoms with Gasteiger partial charge in [-0.2, -0.15) is 0 Å². The highest BCUT2D eigenvalue weighted by Crippen LogP contribution is 2.22. The molecule has 20 heavy (non-hydrogen) atoms. The summed E-state index contributed by atoms with van der Waals surface area (Å²) in [6.07, 6.45) is 0. The average Bonchev–Trinajstić information content (AvgIpc) is 2.87. The molecule has 2 aromatic rings. The molecule has 0 spiro atoms. The highest BCUT2D eigenvalue weighted by molar-refractivity contribution is 7.09. The molecule has 1 aromatic heterocycles. The Morgan fingerprint density at radius 3 is 2.60 bits per heavy atom. The third-order valence-electron chi connectivity index (χ3n) is 2.69. The Kier molecular flexibility index (Phi) is 5.43. The molecule has 2 rings (SSSR count). The number of amides is 1. The summed E-state index contributed by atoms with van der Waals surface area (Å²) in [4.78, 5) is 13.2. The maximum absolute atomic E-state index is 12.0. The van der Waals surface area contributed by atoms with Crippen LogP contribution in [0, 0.1) is 0 Å². The van der Waals surface area contributed by atoms with Gasteiger partial charge in [0.1, 0.15) is 0 Å². The Morgan fingerprint density at radius 2 is 2.00 bits per heavy atom. The van der Waals surface area contributed by atoms with Gasteiger partial charge in [0.25, 0.3) is 0 Å². The molecule has 1 aromatic carbocycles. The van der Waals surface area contributed by atoms with Gasteiger partial charge in [-0.3, -0.25) is 4.79 Å². The zero-order chi connectivity index (χ0) is 14.5.